The maximum atomic E-state index is 10.2. The minimum atomic E-state index is -0.463. The number of hydrogen-bond donors (Lipinski definition) is 1. The van der Waals surface area contributed by atoms with Gasteiger partial charge in [-0.25, -0.2) is 0 Å². The van der Waals surface area contributed by atoms with Crippen molar-refractivity contribution in [3.63, 3.8) is 0 Å². The lowest BCUT2D eigenvalue weighted by Crippen LogP contribution is -2.41. The molecule has 0 radical (unpaired) electrons. The fraction of sp³-hybridized carbons (Fsp3) is 0.529. The quantitative estimate of drug-likeness (QED) is 0.684. The van der Waals surface area contributed by atoms with Crippen molar-refractivity contribution >= 4 is 11.8 Å². The van der Waals surface area contributed by atoms with Crippen LogP contribution >= 0.6 is 11.8 Å². The highest BCUT2D eigenvalue weighted by atomic mass is 32.2. The number of morpholine rings is 1. The van der Waals surface area contributed by atoms with E-state index >= 15 is 0 Å². The van der Waals surface area contributed by atoms with Crippen LogP contribution in [0.3, 0.4) is 0 Å². The van der Waals surface area contributed by atoms with E-state index in [0.717, 1.165) is 31.9 Å². The zero-order valence-electron chi connectivity index (χ0n) is 14.9. The van der Waals surface area contributed by atoms with Gasteiger partial charge in [-0.2, -0.15) is 0 Å². The Morgan fingerprint density at radius 3 is 2.69 bits per heavy atom. The molecule has 0 unspecified atom stereocenters. The molecular weight excluding hydrogens is 358 g/mol. The van der Waals surface area contributed by atoms with E-state index < -0.39 is 6.10 Å². The Hall–Kier alpha value is -1.81. The molecule has 1 aliphatic heterocycles. The van der Waals surface area contributed by atoms with E-state index in [2.05, 4.69) is 15.1 Å². The Labute approximate surface area is 156 Å². The fourth-order valence-corrected chi connectivity index (χ4v) is 3.33. The minimum Gasteiger partial charge on any atom is -0.493 e. The number of nitrogens with zero attached hydrogens (tertiary/aromatic N) is 3. The first-order chi connectivity index (χ1) is 12.7. The summed E-state index contributed by atoms with van der Waals surface area (Å²) >= 11 is 1.35. The van der Waals surface area contributed by atoms with Crippen LogP contribution in [-0.4, -0.2) is 79.1 Å². The normalized spacial score (nSPS) is 16.4. The van der Waals surface area contributed by atoms with Crippen molar-refractivity contribution in [2.24, 2.45) is 0 Å². The third kappa shape index (κ3) is 4.88. The van der Waals surface area contributed by atoms with Crippen LogP contribution in [0, 0.1) is 0 Å². The summed E-state index contributed by atoms with van der Waals surface area (Å²) in [5.41, 5.74) is 0.746. The van der Waals surface area contributed by atoms with Crippen molar-refractivity contribution in [3.8, 4) is 23.0 Å². The third-order valence-corrected chi connectivity index (χ3v) is 4.97. The monoisotopic (exact) mass is 381 g/mol. The molecule has 2 aromatic rings. The van der Waals surface area contributed by atoms with Gasteiger partial charge in [0, 0.05) is 31.0 Å². The van der Waals surface area contributed by atoms with Crippen LogP contribution in [0.2, 0.25) is 0 Å². The number of methoxy groups -OCH3 is 2. The van der Waals surface area contributed by atoms with E-state index in [1.807, 2.05) is 6.07 Å². The first-order valence-electron chi connectivity index (χ1n) is 8.36. The molecule has 26 heavy (non-hydrogen) atoms. The largest absolute Gasteiger partial charge is 0.493 e. The second-order valence-corrected chi connectivity index (χ2v) is 6.79. The van der Waals surface area contributed by atoms with Crippen molar-refractivity contribution < 1.29 is 23.7 Å². The van der Waals surface area contributed by atoms with Gasteiger partial charge in [0.1, 0.15) is 0 Å². The number of hydrogen-bond acceptors (Lipinski definition) is 9. The van der Waals surface area contributed by atoms with Crippen molar-refractivity contribution in [2.45, 2.75) is 11.3 Å². The van der Waals surface area contributed by atoms with Crippen LogP contribution in [0.4, 0.5) is 0 Å². The van der Waals surface area contributed by atoms with E-state index in [9.17, 15) is 5.11 Å². The Balaban J connectivity index is 1.56. The molecule has 0 bridgehead atoms. The Morgan fingerprint density at radius 1 is 1.19 bits per heavy atom. The smallest absolute Gasteiger partial charge is 0.276 e. The standard InChI is InChI=1S/C17H23N3O5S/c1-22-14-4-3-12(9-15(14)23-2)16-18-19-17(25-16)26-11-13(21)10-20-5-7-24-8-6-20/h3-4,9,13,21H,5-8,10-11H2,1-2H3/t13-/m1/s1. The third-order valence-electron chi connectivity index (χ3n) is 4.01. The lowest BCUT2D eigenvalue weighted by Gasteiger charge is -2.28. The topological polar surface area (TPSA) is 90.1 Å². The molecule has 0 amide bonds. The van der Waals surface area contributed by atoms with Crippen molar-refractivity contribution in [1.29, 1.82) is 0 Å². The second-order valence-electron chi connectivity index (χ2n) is 5.82. The summed E-state index contributed by atoms with van der Waals surface area (Å²) in [5, 5.41) is 18.7. The highest BCUT2D eigenvalue weighted by Gasteiger charge is 2.17. The van der Waals surface area contributed by atoms with Gasteiger partial charge in [0.15, 0.2) is 11.5 Å². The van der Waals surface area contributed by atoms with Crippen LogP contribution in [0.5, 0.6) is 11.5 Å². The predicted octanol–water partition coefficient (Wildman–Crippen LogP) is 1.54. The average Bonchev–Trinajstić information content (AvgIpc) is 3.15. The molecule has 1 aromatic carbocycles. The lowest BCUT2D eigenvalue weighted by molar-refractivity contribution is 0.0188. The summed E-state index contributed by atoms with van der Waals surface area (Å²) in [7, 11) is 3.16. The van der Waals surface area contributed by atoms with E-state index in [0.29, 0.717) is 34.9 Å². The average molecular weight is 381 g/mol. The molecule has 0 spiro atoms. The summed E-state index contributed by atoms with van der Waals surface area (Å²) in [6.07, 6.45) is -0.463. The predicted molar refractivity (Wildman–Crippen MR) is 96.8 cm³/mol. The highest BCUT2D eigenvalue weighted by Crippen LogP contribution is 2.32. The summed E-state index contributed by atoms with van der Waals surface area (Å²) in [4.78, 5) is 2.19. The molecule has 1 atom stereocenters. The lowest BCUT2D eigenvalue weighted by atomic mass is 10.2. The Morgan fingerprint density at radius 2 is 1.96 bits per heavy atom. The molecule has 1 fully saturated rings. The number of aromatic nitrogens is 2. The van der Waals surface area contributed by atoms with Gasteiger partial charge >= 0.3 is 0 Å². The highest BCUT2D eigenvalue weighted by molar-refractivity contribution is 7.99. The number of aliphatic hydroxyl groups is 1. The summed E-state index contributed by atoms with van der Waals surface area (Å²) in [5.74, 6) is 2.12. The van der Waals surface area contributed by atoms with Crippen LogP contribution in [-0.2, 0) is 4.74 Å². The molecule has 1 aliphatic rings. The van der Waals surface area contributed by atoms with Crippen LogP contribution in [0.15, 0.2) is 27.8 Å². The van der Waals surface area contributed by atoms with E-state index in [-0.39, 0.29) is 0 Å². The number of thioether (sulfide) groups is 1. The van der Waals surface area contributed by atoms with Gasteiger partial charge in [0.05, 0.1) is 33.5 Å². The number of aliphatic hydroxyl groups excluding tert-OH is 1. The maximum absolute atomic E-state index is 10.2. The van der Waals surface area contributed by atoms with Crippen molar-refractivity contribution in [2.75, 3.05) is 52.8 Å². The molecule has 0 aliphatic carbocycles. The molecule has 1 aromatic heterocycles. The van der Waals surface area contributed by atoms with Gasteiger partial charge in [0.25, 0.3) is 5.22 Å². The molecule has 9 heteroatoms. The Kier molecular flexibility index (Phi) is 6.73. The van der Waals surface area contributed by atoms with Crippen LogP contribution in [0.25, 0.3) is 11.5 Å². The van der Waals surface area contributed by atoms with Crippen molar-refractivity contribution in [1.82, 2.24) is 15.1 Å². The zero-order chi connectivity index (χ0) is 18.4. The van der Waals surface area contributed by atoms with Gasteiger partial charge in [-0.05, 0) is 18.2 Å². The summed E-state index contributed by atoms with van der Waals surface area (Å²) in [6, 6.07) is 5.40. The van der Waals surface area contributed by atoms with Gasteiger partial charge in [-0.15, -0.1) is 10.2 Å². The molecule has 3 rings (SSSR count). The van der Waals surface area contributed by atoms with E-state index in [4.69, 9.17) is 18.6 Å². The molecule has 0 saturated carbocycles. The van der Waals surface area contributed by atoms with Crippen LogP contribution < -0.4 is 9.47 Å². The van der Waals surface area contributed by atoms with Gasteiger partial charge in [0.2, 0.25) is 5.89 Å². The molecule has 1 N–H and O–H groups in total. The maximum Gasteiger partial charge on any atom is 0.276 e. The SMILES string of the molecule is COc1ccc(-c2nnc(SC[C@H](O)CN3CCOCC3)o2)cc1OC. The number of rotatable bonds is 8. The fourth-order valence-electron chi connectivity index (χ4n) is 2.66. The Bertz CT molecular complexity index is 705. The van der Waals surface area contributed by atoms with E-state index in [1.54, 1.807) is 26.4 Å². The summed E-state index contributed by atoms with van der Waals surface area (Å²) in [6.45, 7) is 3.76. The number of ether oxygens (including phenoxy) is 3. The van der Waals surface area contributed by atoms with Crippen LogP contribution in [0.1, 0.15) is 0 Å². The van der Waals surface area contributed by atoms with Gasteiger partial charge < -0.3 is 23.7 Å². The van der Waals surface area contributed by atoms with E-state index in [1.165, 1.54) is 11.8 Å². The summed E-state index contributed by atoms with van der Waals surface area (Å²) < 4.78 is 21.5. The molecular formula is C17H23N3O5S. The molecule has 2 heterocycles. The first-order valence-corrected chi connectivity index (χ1v) is 9.35. The number of β-amino-alcohol motifs (C(OH)–C–C–N with tert-alkyl or cyclic N) is 1. The molecule has 142 valence electrons. The first kappa shape index (κ1) is 19.0. The van der Waals surface area contributed by atoms with Gasteiger partial charge in [-0.1, -0.05) is 11.8 Å². The molecule has 8 nitrogen and oxygen atoms in total. The number of benzene rings is 1. The second kappa shape index (κ2) is 9.22. The van der Waals surface area contributed by atoms with Gasteiger partial charge in [-0.3, -0.25) is 4.90 Å². The minimum absolute atomic E-state index is 0.399. The molecule has 1 saturated heterocycles. The zero-order valence-corrected chi connectivity index (χ0v) is 15.7. The van der Waals surface area contributed by atoms with Crippen molar-refractivity contribution in [3.05, 3.63) is 18.2 Å².